The molecule has 1 aliphatic heterocycles. The summed E-state index contributed by atoms with van der Waals surface area (Å²) in [6.45, 7) is 0.0873. The standard InChI is InChI=1S/C10H13NO2/c12-4-7-8-5-1-2-6(3-5)9(8)10(13)11-7/h1-2,5-9,12H,3-4H2,(H,11,13)/t5-,6+,7+,8+,9+/m0/s1. The first-order chi connectivity index (χ1) is 6.31. The van der Waals surface area contributed by atoms with Crippen molar-refractivity contribution in [2.45, 2.75) is 12.5 Å². The Balaban J connectivity index is 1.97. The minimum atomic E-state index is 0.0115. The molecule has 3 heteroatoms. The second-order valence-corrected chi connectivity index (χ2v) is 4.35. The van der Waals surface area contributed by atoms with Gasteiger partial charge >= 0.3 is 0 Å². The van der Waals surface area contributed by atoms with E-state index in [1.807, 2.05) is 0 Å². The third-order valence-corrected chi connectivity index (χ3v) is 3.81. The van der Waals surface area contributed by atoms with Gasteiger partial charge in [-0.3, -0.25) is 4.79 Å². The average Bonchev–Trinajstić information content (AvgIpc) is 2.76. The van der Waals surface area contributed by atoms with Gasteiger partial charge in [-0.1, -0.05) is 12.2 Å². The molecule has 0 aromatic rings. The highest BCUT2D eigenvalue weighted by Crippen LogP contribution is 2.51. The molecule has 1 heterocycles. The van der Waals surface area contributed by atoms with Crippen LogP contribution in [0.2, 0.25) is 0 Å². The summed E-state index contributed by atoms with van der Waals surface area (Å²) in [4.78, 5) is 11.6. The van der Waals surface area contributed by atoms with Crippen molar-refractivity contribution < 1.29 is 9.90 Å². The molecule has 3 rings (SSSR count). The molecule has 13 heavy (non-hydrogen) atoms. The molecule has 0 radical (unpaired) electrons. The van der Waals surface area contributed by atoms with Crippen LogP contribution < -0.4 is 5.32 Å². The van der Waals surface area contributed by atoms with Gasteiger partial charge in [-0.25, -0.2) is 0 Å². The van der Waals surface area contributed by atoms with E-state index in [1.54, 1.807) is 0 Å². The molecule has 70 valence electrons. The van der Waals surface area contributed by atoms with E-state index >= 15 is 0 Å². The molecule has 3 aliphatic rings. The fourth-order valence-electron chi connectivity index (χ4n) is 3.32. The zero-order valence-corrected chi connectivity index (χ0v) is 7.31. The highest BCUT2D eigenvalue weighted by atomic mass is 16.3. The lowest BCUT2D eigenvalue weighted by Crippen LogP contribution is -2.34. The molecule has 0 unspecified atom stereocenters. The summed E-state index contributed by atoms with van der Waals surface area (Å²) >= 11 is 0. The smallest absolute Gasteiger partial charge is 0.224 e. The van der Waals surface area contributed by atoms with Crippen molar-refractivity contribution in [1.82, 2.24) is 5.32 Å². The lowest BCUT2D eigenvalue weighted by Gasteiger charge is -2.21. The van der Waals surface area contributed by atoms with E-state index in [2.05, 4.69) is 17.5 Å². The van der Waals surface area contributed by atoms with Crippen molar-refractivity contribution in [2.24, 2.45) is 23.7 Å². The van der Waals surface area contributed by atoms with Gasteiger partial charge in [0.25, 0.3) is 0 Å². The van der Waals surface area contributed by atoms with E-state index in [0.29, 0.717) is 17.8 Å². The normalized spacial score (nSPS) is 51.2. The largest absolute Gasteiger partial charge is 0.394 e. The van der Waals surface area contributed by atoms with Crippen LogP contribution in [-0.2, 0) is 4.79 Å². The Morgan fingerprint density at radius 3 is 3.00 bits per heavy atom. The Hall–Kier alpha value is -0.830. The zero-order valence-electron chi connectivity index (χ0n) is 7.31. The molecule has 2 bridgehead atoms. The summed E-state index contributed by atoms with van der Waals surface area (Å²) in [6, 6.07) is 0.0115. The third kappa shape index (κ3) is 0.804. The van der Waals surface area contributed by atoms with Gasteiger partial charge in [-0.05, 0) is 24.2 Å². The van der Waals surface area contributed by atoms with Crippen LogP contribution in [0.5, 0.6) is 0 Å². The van der Waals surface area contributed by atoms with Crippen molar-refractivity contribution in [3.63, 3.8) is 0 Å². The molecule has 0 aromatic carbocycles. The number of rotatable bonds is 1. The molecular weight excluding hydrogens is 166 g/mol. The monoisotopic (exact) mass is 179 g/mol. The molecule has 3 nitrogen and oxygen atoms in total. The van der Waals surface area contributed by atoms with Crippen LogP contribution >= 0.6 is 0 Å². The fourth-order valence-corrected chi connectivity index (χ4v) is 3.32. The zero-order chi connectivity index (χ0) is 9.00. The first-order valence-electron chi connectivity index (χ1n) is 4.91. The Morgan fingerprint density at radius 1 is 1.46 bits per heavy atom. The maximum atomic E-state index is 11.6. The molecule has 0 aromatic heterocycles. The summed E-state index contributed by atoms with van der Waals surface area (Å²) < 4.78 is 0. The number of carbonyl (C=O) groups is 1. The minimum absolute atomic E-state index is 0.0115. The molecule has 2 aliphatic carbocycles. The van der Waals surface area contributed by atoms with E-state index in [0.717, 1.165) is 6.42 Å². The quantitative estimate of drug-likeness (QED) is 0.553. The van der Waals surface area contributed by atoms with Crippen molar-refractivity contribution in [2.75, 3.05) is 6.61 Å². The maximum Gasteiger partial charge on any atom is 0.224 e. The van der Waals surface area contributed by atoms with E-state index < -0.39 is 0 Å². The average molecular weight is 179 g/mol. The maximum absolute atomic E-state index is 11.6. The molecule has 1 saturated heterocycles. The molecule has 2 fully saturated rings. The van der Waals surface area contributed by atoms with E-state index in [-0.39, 0.29) is 24.5 Å². The van der Waals surface area contributed by atoms with Crippen LogP contribution in [0.4, 0.5) is 0 Å². The number of fused-ring (bicyclic) bond motifs is 5. The topological polar surface area (TPSA) is 49.3 Å². The number of aliphatic hydroxyl groups is 1. The Kier molecular flexibility index (Phi) is 1.37. The fraction of sp³-hybridized carbons (Fsp3) is 0.700. The number of aliphatic hydroxyl groups excluding tert-OH is 1. The van der Waals surface area contributed by atoms with Gasteiger partial charge in [-0.2, -0.15) is 0 Å². The number of hydrogen-bond acceptors (Lipinski definition) is 2. The van der Waals surface area contributed by atoms with Gasteiger partial charge < -0.3 is 10.4 Å². The predicted octanol–water partition coefficient (Wildman–Crippen LogP) is -0.0846. The van der Waals surface area contributed by atoms with E-state index in [9.17, 15) is 4.79 Å². The summed E-state index contributed by atoms with van der Waals surface area (Å²) in [5, 5.41) is 12.0. The van der Waals surface area contributed by atoms with Crippen LogP contribution in [0.15, 0.2) is 12.2 Å². The van der Waals surface area contributed by atoms with Crippen molar-refractivity contribution in [3.8, 4) is 0 Å². The molecule has 1 saturated carbocycles. The minimum Gasteiger partial charge on any atom is -0.394 e. The molecular formula is C10H13NO2. The number of hydrogen-bond donors (Lipinski definition) is 2. The van der Waals surface area contributed by atoms with Crippen LogP contribution in [0.25, 0.3) is 0 Å². The Bertz CT molecular complexity index is 287. The number of allylic oxidation sites excluding steroid dienone is 2. The third-order valence-electron chi connectivity index (χ3n) is 3.81. The van der Waals surface area contributed by atoms with E-state index in [1.165, 1.54) is 0 Å². The van der Waals surface area contributed by atoms with Crippen LogP contribution in [0.3, 0.4) is 0 Å². The summed E-state index contributed by atoms with van der Waals surface area (Å²) in [7, 11) is 0. The van der Waals surface area contributed by atoms with Crippen molar-refractivity contribution >= 4 is 5.91 Å². The summed E-state index contributed by atoms with van der Waals surface area (Å²) in [5.74, 6) is 1.66. The lowest BCUT2D eigenvalue weighted by atomic mass is 9.82. The van der Waals surface area contributed by atoms with Gasteiger partial charge in [0.1, 0.15) is 0 Å². The van der Waals surface area contributed by atoms with E-state index in [4.69, 9.17) is 5.11 Å². The Morgan fingerprint density at radius 2 is 2.23 bits per heavy atom. The van der Waals surface area contributed by atoms with Gasteiger partial charge in [0.05, 0.1) is 12.6 Å². The second kappa shape index (κ2) is 2.35. The van der Waals surface area contributed by atoms with Crippen LogP contribution in [-0.4, -0.2) is 23.7 Å². The van der Waals surface area contributed by atoms with Crippen LogP contribution in [0.1, 0.15) is 6.42 Å². The molecule has 5 atom stereocenters. The lowest BCUT2D eigenvalue weighted by molar-refractivity contribution is -0.123. The molecule has 0 spiro atoms. The molecule has 2 N–H and O–H groups in total. The highest BCUT2D eigenvalue weighted by molar-refractivity contribution is 5.83. The number of carbonyl (C=O) groups excluding carboxylic acids is 1. The first-order valence-corrected chi connectivity index (χ1v) is 4.91. The van der Waals surface area contributed by atoms with Crippen molar-refractivity contribution in [3.05, 3.63) is 12.2 Å². The van der Waals surface area contributed by atoms with Gasteiger partial charge in [0.2, 0.25) is 5.91 Å². The predicted molar refractivity (Wildman–Crippen MR) is 46.7 cm³/mol. The molecule has 1 amide bonds. The SMILES string of the molecule is O=C1N[C@H](CO)[C@@H]2[C@H]1[C@@H]1C=C[C@H]2C1. The van der Waals surface area contributed by atoms with Crippen LogP contribution in [0, 0.1) is 23.7 Å². The summed E-state index contributed by atoms with van der Waals surface area (Å²) in [5.41, 5.74) is 0. The van der Waals surface area contributed by atoms with Gasteiger partial charge in [0.15, 0.2) is 0 Å². The highest BCUT2D eigenvalue weighted by Gasteiger charge is 2.55. The second-order valence-electron chi connectivity index (χ2n) is 4.35. The number of amides is 1. The van der Waals surface area contributed by atoms with Crippen molar-refractivity contribution in [1.29, 1.82) is 0 Å². The summed E-state index contributed by atoms with van der Waals surface area (Å²) in [6.07, 6.45) is 5.51. The van der Waals surface area contributed by atoms with Gasteiger partial charge in [0, 0.05) is 5.92 Å². The van der Waals surface area contributed by atoms with Gasteiger partial charge in [-0.15, -0.1) is 0 Å². The number of nitrogens with one attached hydrogen (secondary N) is 1. The Labute approximate surface area is 76.8 Å². The first kappa shape index (κ1) is 7.56.